The van der Waals surface area contributed by atoms with Gasteiger partial charge in [0, 0.05) is 18.8 Å². The summed E-state index contributed by atoms with van der Waals surface area (Å²) in [5.74, 6) is 0.651. The van der Waals surface area contributed by atoms with E-state index in [0.29, 0.717) is 24.2 Å². The summed E-state index contributed by atoms with van der Waals surface area (Å²) in [6.07, 6.45) is 2.77. The zero-order valence-corrected chi connectivity index (χ0v) is 11.2. The summed E-state index contributed by atoms with van der Waals surface area (Å²) >= 11 is 0. The second kappa shape index (κ2) is 6.96. The molecule has 0 spiro atoms. The number of nitrogens with one attached hydrogen (secondary N) is 1. The summed E-state index contributed by atoms with van der Waals surface area (Å²) in [6, 6.07) is 4.19. The van der Waals surface area contributed by atoms with Crippen molar-refractivity contribution in [1.29, 1.82) is 0 Å². The van der Waals surface area contributed by atoms with Crippen LogP contribution in [0.2, 0.25) is 0 Å². The smallest absolute Gasteiger partial charge is 0.189 e. The van der Waals surface area contributed by atoms with Crippen LogP contribution in [0.4, 0.5) is 0 Å². The highest BCUT2D eigenvalue weighted by atomic mass is 16.4. The number of nitrogens with two attached hydrogens (primary N) is 1. The topological polar surface area (TPSA) is 83.5 Å². The SMILES string of the molecule is CCC(C)C(C)NCc1cccnc1C(N)=NO. The predicted octanol–water partition coefficient (Wildman–Crippen LogP) is 1.70. The molecule has 0 saturated carbocycles. The summed E-state index contributed by atoms with van der Waals surface area (Å²) < 4.78 is 0. The Bertz CT molecular complexity index is 406. The first kappa shape index (κ1) is 14.4. The molecule has 0 aliphatic heterocycles. The number of aromatic nitrogens is 1. The third-order valence-electron chi connectivity index (χ3n) is 3.35. The van der Waals surface area contributed by atoms with Crippen molar-refractivity contribution in [3.8, 4) is 0 Å². The van der Waals surface area contributed by atoms with E-state index >= 15 is 0 Å². The standard InChI is InChI=1S/C13H22N4O/c1-4-9(2)10(3)16-8-11-6-5-7-15-12(11)13(14)17-18/h5-7,9-10,16,18H,4,8H2,1-3H3,(H2,14,17). The normalized spacial score (nSPS) is 15.4. The monoisotopic (exact) mass is 250 g/mol. The summed E-state index contributed by atoms with van der Waals surface area (Å²) in [6.45, 7) is 7.21. The van der Waals surface area contributed by atoms with Gasteiger partial charge in [-0.25, -0.2) is 0 Å². The molecule has 0 aliphatic carbocycles. The summed E-state index contributed by atoms with van der Waals surface area (Å²) in [4.78, 5) is 4.14. The van der Waals surface area contributed by atoms with Crippen LogP contribution in [0, 0.1) is 5.92 Å². The zero-order chi connectivity index (χ0) is 13.5. The van der Waals surface area contributed by atoms with Gasteiger partial charge in [-0.3, -0.25) is 4.98 Å². The number of hydrogen-bond donors (Lipinski definition) is 3. The molecule has 5 nitrogen and oxygen atoms in total. The minimum Gasteiger partial charge on any atom is -0.409 e. The van der Waals surface area contributed by atoms with Gasteiger partial charge in [-0.05, 0) is 24.5 Å². The van der Waals surface area contributed by atoms with E-state index in [1.807, 2.05) is 12.1 Å². The Morgan fingerprint density at radius 2 is 2.28 bits per heavy atom. The molecule has 4 N–H and O–H groups in total. The molecule has 0 amide bonds. The van der Waals surface area contributed by atoms with Gasteiger partial charge in [0.2, 0.25) is 0 Å². The number of rotatable bonds is 6. The van der Waals surface area contributed by atoms with Crippen molar-refractivity contribution in [3.63, 3.8) is 0 Å². The van der Waals surface area contributed by atoms with Crippen LogP contribution in [-0.2, 0) is 6.54 Å². The fraction of sp³-hybridized carbons (Fsp3) is 0.538. The van der Waals surface area contributed by atoms with E-state index in [2.05, 4.69) is 36.2 Å². The van der Waals surface area contributed by atoms with Gasteiger partial charge in [0.1, 0.15) is 5.69 Å². The van der Waals surface area contributed by atoms with Crippen molar-refractivity contribution in [2.45, 2.75) is 39.8 Å². The second-order valence-electron chi connectivity index (χ2n) is 4.55. The van der Waals surface area contributed by atoms with Crippen LogP contribution < -0.4 is 11.1 Å². The second-order valence-corrected chi connectivity index (χ2v) is 4.55. The lowest BCUT2D eigenvalue weighted by atomic mass is 10.0. The van der Waals surface area contributed by atoms with E-state index in [1.54, 1.807) is 6.20 Å². The van der Waals surface area contributed by atoms with Crippen LogP contribution in [0.1, 0.15) is 38.4 Å². The van der Waals surface area contributed by atoms with Crippen LogP contribution in [0.25, 0.3) is 0 Å². The zero-order valence-electron chi connectivity index (χ0n) is 11.2. The van der Waals surface area contributed by atoms with Gasteiger partial charge in [-0.15, -0.1) is 0 Å². The van der Waals surface area contributed by atoms with Gasteiger partial charge in [0.15, 0.2) is 5.84 Å². The molecule has 0 bridgehead atoms. The molecule has 100 valence electrons. The van der Waals surface area contributed by atoms with Crippen molar-refractivity contribution in [1.82, 2.24) is 10.3 Å². The Hall–Kier alpha value is -1.62. The molecule has 2 unspecified atom stereocenters. The van der Waals surface area contributed by atoms with E-state index in [0.717, 1.165) is 12.0 Å². The summed E-state index contributed by atoms with van der Waals surface area (Å²) in [7, 11) is 0. The third-order valence-corrected chi connectivity index (χ3v) is 3.35. The van der Waals surface area contributed by atoms with Gasteiger partial charge in [-0.1, -0.05) is 31.5 Å². The van der Waals surface area contributed by atoms with Crippen LogP contribution >= 0.6 is 0 Å². The molecule has 1 rings (SSSR count). The number of pyridine rings is 1. The summed E-state index contributed by atoms with van der Waals surface area (Å²) in [5.41, 5.74) is 7.06. The predicted molar refractivity (Wildman–Crippen MR) is 72.5 cm³/mol. The van der Waals surface area contributed by atoms with Crippen LogP contribution in [-0.4, -0.2) is 22.1 Å². The molecule has 5 heteroatoms. The largest absolute Gasteiger partial charge is 0.409 e. The number of oxime groups is 1. The van der Waals surface area contributed by atoms with E-state index < -0.39 is 0 Å². The molecule has 0 fully saturated rings. The maximum atomic E-state index is 8.72. The first-order chi connectivity index (χ1) is 8.60. The van der Waals surface area contributed by atoms with Crippen LogP contribution in [0.15, 0.2) is 23.5 Å². The first-order valence-corrected chi connectivity index (χ1v) is 6.25. The Balaban J connectivity index is 2.73. The first-order valence-electron chi connectivity index (χ1n) is 6.25. The molecule has 1 heterocycles. The van der Waals surface area contributed by atoms with Gasteiger partial charge in [-0.2, -0.15) is 0 Å². The van der Waals surface area contributed by atoms with Crippen molar-refractivity contribution in [2.24, 2.45) is 16.8 Å². The lowest BCUT2D eigenvalue weighted by molar-refractivity contribution is 0.318. The molecule has 18 heavy (non-hydrogen) atoms. The van der Waals surface area contributed by atoms with Gasteiger partial charge < -0.3 is 16.3 Å². The minimum atomic E-state index is 0.0450. The summed E-state index contributed by atoms with van der Waals surface area (Å²) in [5, 5.41) is 15.2. The average molecular weight is 250 g/mol. The maximum Gasteiger partial charge on any atom is 0.189 e. The fourth-order valence-corrected chi connectivity index (χ4v) is 1.68. The van der Waals surface area contributed by atoms with Crippen molar-refractivity contribution in [2.75, 3.05) is 0 Å². The van der Waals surface area contributed by atoms with Gasteiger partial charge >= 0.3 is 0 Å². The molecule has 0 aromatic carbocycles. The maximum absolute atomic E-state index is 8.72. The Morgan fingerprint density at radius 3 is 2.89 bits per heavy atom. The van der Waals surface area contributed by atoms with E-state index in [4.69, 9.17) is 10.9 Å². The van der Waals surface area contributed by atoms with E-state index in [9.17, 15) is 0 Å². The molecular weight excluding hydrogens is 228 g/mol. The highest BCUT2D eigenvalue weighted by Crippen LogP contribution is 2.09. The number of nitrogens with zero attached hydrogens (tertiary/aromatic N) is 2. The molecular formula is C13H22N4O. The lowest BCUT2D eigenvalue weighted by Crippen LogP contribution is -2.32. The Kier molecular flexibility index (Phi) is 5.58. The number of amidine groups is 1. The van der Waals surface area contributed by atoms with Crippen molar-refractivity contribution < 1.29 is 5.21 Å². The van der Waals surface area contributed by atoms with Crippen LogP contribution in [0.5, 0.6) is 0 Å². The average Bonchev–Trinajstić information content (AvgIpc) is 2.43. The van der Waals surface area contributed by atoms with E-state index in [-0.39, 0.29) is 5.84 Å². The quantitative estimate of drug-likeness (QED) is 0.310. The van der Waals surface area contributed by atoms with Crippen molar-refractivity contribution >= 4 is 5.84 Å². The number of hydrogen-bond acceptors (Lipinski definition) is 4. The molecule has 1 aromatic heterocycles. The fourth-order valence-electron chi connectivity index (χ4n) is 1.68. The van der Waals surface area contributed by atoms with Gasteiger partial charge in [0.05, 0.1) is 0 Å². The highest BCUT2D eigenvalue weighted by Gasteiger charge is 2.12. The molecule has 2 atom stereocenters. The van der Waals surface area contributed by atoms with Crippen molar-refractivity contribution in [3.05, 3.63) is 29.6 Å². The minimum absolute atomic E-state index is 0.0450. The molecule has 1 aromatic rings. The van der Waals surface area contributed by atoms with E-state index in [1.165, 1.54) is 0 Å². The molecule has 0 aliphatic rings. The highest BCUT2D eigenvalue weighted by molar-refractivity contribution is 5.96. The Morgan fingerprint density at radius 1 is 1.56 bits per heavy atom. The van der Waals surface area contributed by atoms with Gasteiger partial charge in [0.25, 0.3) is 0 Å². The third kappa shape index (κ3) is 3.70. The molecule has 0 radical (unpaired) electrons. The van der Waals surface area contributed by atoms with Crippen LogP contribution in [0.3, 0.4) is 0 Å². The Labute approximate surface area is 108 Å². The lowest BCUT2D eigenvalue weighted by Gasteiger charge is -2.20. The molecule has 0 saturated heterocycles.